The molecule has 2 aromatic carbocycles. The maximum absolute atomic E-state index is 12.4. The number of aromatic nitrogens is 1. The zero-order valence-electron chi connectivity index (χ0n) is 15.7. The molecule has 0 fully saturated rings. The number of carbonyl (C=O) groups excluding carboxylic acids is 1. The zero-order valence-corrected chi connectivity index (χ0v) is 18.1. The number of thioether (sulfide) groups is 1. The zero-order chi connectivity index (χ0) is 19.9. The summed E-state index contributed by atoms with van der Waals surface area (Å²) in [5.74, 6) is 1.31. The van der Waals surface area contributed by atoms with Gasteiger partial charge < -0.3 is 10.1 Å². The van der Waals surface area contributed by atoms with E-state index in [9.17, 15) is 4.79 Å². The molecule has 1 aromatic heterocycles. The SMILES string of the molecule is Cc1ccc(OC(C)C(=O)Nc2ccc(SCc3cccnc3)cc2)c(Br)c1. The molecule has 0 spiro atoms. The van der Waals surface area contributed by atoms with Crippen LogP contribution in [-0.4, -0.2) is 17.0 Å². The first-order valence-corrected chi connectivity index (χ1v) is 10.6. The van der Waals surface area contributed by atoms with Crippen molar-refractivity contribution >= 4 is 39.3 Å². The summed E-state index contributed by atoms with van der Waals surface area (Å²) in [5, 5.41) is 2.90. The Morgan fingerprint density at radius 3 is 2.68 bits per heavy atom. The molecule has 0 aliphatic heterocycles. The molecule has 6 heteroatoms. The van der Waals surface area contributed by atoms with Crippen molar-refractivity contribution in [3.63, 3.8) is 0 Å². The Morgan fingerprint density at radius 2 is 2.00 bits per heavy atom. The second-order valence-electron chi connectivity index (χ2n) is 6.36. The molecule has 144 valence electrons. The molecule has 0 bridgehead atoms. The molecular formula is C22H21BrN2O2S. The Labute approximate surface area is 177 Å². The Kier molecular flexibility index (Phi) is 7.12. The first kappa shape index (κ1) is 20.4. The van der Waals surface area contributed by atoms with Crippen molar-refractivity contribution in [2.24, 2.45) is 0 Å². The molecule has 1 atom stereocenters. The van der Waals surface area contributed by atoms with Gasteiger partial charge in [0.1, 0.15) is 5.75 Å². The Morgan fingerprint density at radius 1 is 1.21 bits per heavy atom. The standard InChI is InChI=1S/C22H21BrN2O2S/c1-15-5-10-21(20(23)12-15)27-16(2)22(26)25-18-6-8-19(9-7-18)28-14-17-4-3-11-24-13-17/h3-13,16H,14H2,1-2H3,(H,25,26). The van der Waals surface area contributed by atoms with E-state index in [0.717, 1.165) is 26.4 Å². The van der Waals surface area contributed by atoms with Crippen molar-refractivity contribution in [1.82, 2.24) is 4.98 Å². The highest BCUT2D eigenvalue weighted by molar-refractivity contribution is 9.10. The third-order valence-corrected chi connectivity index (χ3v) is 5.71. The first-order chi connectivity index (χ1) is 13.5. The van der Waals surface area contributed by atoms with E-state index >= 15 is 0 Å². The minimum Gasteiger partial charge on any atom is -0.480 e. The number of halogens is 1. The second kappa shape index (κ2) is 9.75. The molecule has 1 N–H and O–H groups in total. The molecule has 0 radical (unpaired) electrons. The van der Waals surface area contributed by atoms with Gasteiger partial charge in [0.25, 0.3) is 5.91 Å². The van der Waals surface area contributed by atoms with E-state index < -0.39 is 6.10 Å². The largest absolute Gasteiger partial charge is 0.480 e. The summed E-state index contributed by atoms with van der Waals surface area (Å²) in [5.41, 5.74) is 3.05. The van der Waals surface area contributed by atoms with Crippen LogP contribution in [0.1, 0.15) is 18.1 Å². The van der Waals surface area contributed by atoms with Crippen molar-refractivity contribution < 1.29 is 9.53 Å². The first-order valence-electron chi connectivity index (χ1n) is 8.87. The van der Waals surface area contributed by atoms with Crippen molar-refractivity contribution in [1.29, 1.82) is 0 Å². The Hall–Kier alpha value is -2.31. The Balaban J connectivity index is 1.53. The van der Waals surface area contributed by atoms with Gasteiger partial charge in [0.15, 0.2) is 6.10 Å². The lowest BCUT2D eigenvalue weighted by Gasteiger charge is -2.16. The monoisotopic (exact) mass is 456 g/mol. The molecule has 0 aliphatic rings. The number of rotatable bonds is 7. The van der Waals surface area contributed by atoms with Crippen LogP contribution in [0, 0.1) is 6.92 Å². The fourth-order valence-corrected chi connectivity index (χ4v) is 3.89. The van der Waals surface area contributed by atoms with Gasteiger partial charge in [0.2, 0.25) is 0 Å². The number of nitrogens with one attached hydrogen (secondary N) is 1. The van der Waals surface area contributed by atoms with Gasteiger partial charge in [-0.2, -0.15) is 0 Å². The average Bonchev–Trinajstić information content (AvgIpc) is 2.70. The number of hydrogen-bond acceptors (Lipinski definition) is 4. The fourth-order valence-electron chi connectivity index (χ4n) is 2.47. The summed E-state index contributed by atoms with van der Waals surface area (Å²) in [6.07, 6.45) is 3.03. The number of aryl methyl sites for hydroxylation is 1. The third-order valence-electron chi connectivity index (χ3n) is 4.01. The normalized spacial score (nSPS) is 11.7. The smallest absolute Gasteiger partial charge is 0.265 e. The number of pyridine rings is 1. The molecule has 28 heavy (non-hydrogen) atoms. The molecule has 3 rings (SSSR count). The quantitative estimate of drug-likeness (QED) is 0.452. The Bertz CT molecular complexity index is 933. The van der Waals surface area contributed by atoms with Crippen LogP contribution < -0.4 is 10.1 Å². The van der Waals surface area contributed by atoms with Crippen molar-refractivity contribution in [3.05, 3.63) is 82.6 Å². The molecule has 4 nitrogen and oxygen atoms in total. The van der Waals surface area contributed by atoms with Crippen LogP contribution >= 0.6 is 27.7 Å². The fraction of sp³-hybridized carbons (Fsp3) is 0.182. The van der Waals surface area contributed by atoms with Crippen LogP contribution in [0.25, 0.3) is 0 Å². The van der Waals surface area contributed by atoms with Crippen molar-refractivity contribution in [2.45, 2.75) is 30.6 Å². The van der Waals surface area contributed by atoms with E-state index in [1.54, 1.807) is 24.9 Å². The highest BCUT2D eigenvalue weighted by Crippen LogP contribution is 2.27. The van der Waals surface area contributed by atoms with Gasteiger partial charge in [-0.3, -0.25) is 9.78 Å². The number of amides is 1. The van der Waals surface area contributed by atoms with Gasteiger partial charge >= 0.3 is 0 Å². The summed E-state index contributed by atoms with van der Waals surface area (Å²) >= 11 is 5.20. The van der Waals surface area contributed by atoms with Gasteiger partial charge in [-0.15, -0.1) is 11.8 Å². The van der Waals surface area contributed by atoms with Crippen LogP contribution in [0.3, 0.4) is 0 Å². The van der Waals surface area contributed by atoms with E-state index in [1.165, 1.54) is 5.56 Å². The predicted octanol–water partition coefficient (Wildman–Crippen LogP) is 5.85. The number of ether oxygens (including phenoxy) is 1. The summed E-state index contributed by atoms with van der Waals surface area (Å²) < 4.78 is 6.61. The molecule has 1 unspecified atom stereocenters. The van der Waals surface area contributed by atoms with E-state index in [2.05, 4.69) is 32.3 Å². The molecule has 1 heterocycles. The molecular weight excluding hydrogens is 436 g/mol. The number of anilines is 1. The highest BCUT2D eigenvalue weighted by Gasteiger charge is 2.16. The lowest BCUT2D eigenvalue weighted by molar-refractivity contribution is -0.122. The summed E-state index contributed by atoms with van der Waals surface area (Å²) in [7, 11) is 0. The minimum absolute atomic E-state index is 0.191. The topological polar surface area (TPSA) is 51.2 Å². The third kappa shape index (κ3) is 5.84. The van der Waals surface area contributed by atoms with E-state index in [-0.39, 0.29) is 5.91 Å². The van der Waals surface area contributed by atoms with E-state index in [1.807, 2.05) is 61.7 Å². The lowest BCUT2D eigenvalue weighted by atomic mass is 10.2. The van der Waals surface area contributed by atoms with Gasteiger partial charge in [-0.25, -0.2) is 0 Å². The van der Waals surface area contributed by atoms with E-state index in [4.69, 9.17) is 4.74 Å². The number of nitrogens with zero attached hydrogens (tertiary/aromatic N) is 1. The molecule has 3 aromatic rings. The van der Waals surface area contributed by atoms with Gasteiger partial charge in [-0.05, 0) is 83.4 Å². The summed E-state index contributed by atoms with van der Waals surface area (Å²) in [4.78, 5) is 17.7. The van der Waals surface area contributed by atoms with Crippen molar-refractivity contribution in [3.8, 4) is 5.75 Å². The number of carbonyl (C=O) groups is 1. The highest BCUT2D eigenvalue weighted by atomic mass is 79.9. The summed E-state index contributed by atoms with van der Waals surface area (Å²) in [6.45, 7) is 3.74. The van der Waals surface area contributed by atoms with Crippen LogP contribution in [0.15, 0.2) is 76.4 Å². The average molecular weight is 457 g/mol. The minimum atomic E-state index is -0.612. The van der Waals surface area contributed by atoms with Gasteiger partial charge in [0.05, 0.1) is 4.47 Å². The van der Waals surface area contributed by atoms with Crippen LogP contribution in [0.5, 0.6) is 5.75 Å². The van der Waals surface area contributed by atoms with Crippen LogP contribution in [0.4, 0.5) is 5.69 Å². The molecule has 0 saturated carbocycles. The predicted molar refractivity (Wildman–Crippen MR) is 118 cm³/mol. The molecule has 0 aliphatic carbocycles. The molecule has 0 saturated heterocycles. The summed E-state index contributed by atoms with van der Waals surface area (Å²) in [6, 6.07) is 17.6. The van der Waals surface area contributed by atoms with Crippen LogP contribution in [0.2, 0.25) is 0 Å². The number of benzene rings is 2. The van der Waals surface area contributed by atoms with E-state index in [0.29, 0.717) is 5.75 Å². The maximum atomic E-state index is 12.4. The van der Waals surface area contributed by atoms with Crippen LogP contribution in [-0.2, 0) is 10.5 Å². The lowest BCUT2D eigenvalue weighted by Crippen LogP contribution is -2.30. The van der Waals surface area contributed by atoms with Gasteiger partial charge in [-0.1, -0.05) is 12.1 Å². The van der Waals surface area contributed by atoms with Gasteiger partial charge in [0, 0.05) is 28.7 Å². The number of hydrogen-bond donors (Lipinski definition) is 1. The molecule has 1 amide bonds. The second-order valence-corrected chi connectivity index (χ2v) is 8.26. The maximum Gasteiger partial charge on any atom is 0.265 e. The van der Waals surface area contributed by atoms with Crippen molar-refractivity contribution in [2.75, 3.05) is 5.32 Å².